The monoisotopic (exact) mass is 637 g/mol. The Bertz CT molecular complexity index is 1760. The zero-order valence-electron chi connectivity index (χ0n) is 27.1. The van der Waals surface area contributed by atoms with Crippen molar-refractivity contribution >= 4 is 39.5 Å². The van der Waals surface area contributed by atoms with Gasteiger partial charge in [0.1, 0.15) is 16.8 Å². The van der Waals surface area contributed by atoms with Crippen molar-refractivity contribution in [3.05, 3.63) is 42.0 Å². The fraction of sp³-hybridized carbons (Fsp3) is 0.469. The van der Waals surface area contributed by atoms with E-state index in [4.69, 9.17) is 19.2 Å². The number of aliphatic hydroxyl groups excluding tert-OH is 1. The van der Waals surface area contributed by atoms with Crippen LogP contribution in [-0.4, -0.2) is 99.6 Å². The van der Waals surface area contributed by atoms with Gasteiger partial charge in [-0.15, -0.1) is 0 Å². The van der Waals surface area contributed by atoms with E-state index in [0.29, 0.717) is 29.4 Å². The van der Waals surface area contributed by atoms with E-state index >= 15 is 4.39 Å². The predicted octanol–water partition coefficient (Wildman–Crippen LogP) is 3.86. The molecule has 0 spiro atoms. The van der Waals surface area contributed by atoms with E-state index in [-0.39, 0.29) is 66.5 Å². The van der Waals surface area contributed by atoms with Crippen LogP contribution in [-0.2, 0) is 16.5 Å². The molecule has 246 valence electrons. The fourth-order valence-corrected chi connectivity index (χ4v) is 5.72. The van der Waals surface area contributed by atoms with Crippen molar-refractivity contribution < 1.29 is 33.3 Å². The lowest BCUT2D eigenvalue weighted by Crippen LogP contribution is -2.59. The van der Waals surface area contributed by atoms with Crippen LogP contribution >= 0.6 is 0 Å². The largest absolute Gasteiger partial charge is 0.464 e. The first-order valence-corrected chi connectivity index (χ1v) is 15.1. The molecule has 2 aromatic carbocycles. The highest BCUT2D eigenvalue weighted by atomic mass is 19.1. The molecule has 2 atom stereocenters. The maximum atomic E-state index is 15.7. The second-order valence-corrected chi connectivity index (χ2v) is 12.4. The molecule has 0 saturated carbocycles. The van der Waals surface area contributed by atoms with Crippen molar-refractivity contribution in [3.63, 3.8) is 0 Å². The van der Waals surface area contributed by atoms with Crippen molar-refractivity contribution in [1.82, 2.24) is 30.0 Å². The van der Waals surface area contributed by atoms with E-state index in [1.807, 2.05) is 46.8 Å². The lowest BCUT2D eigenvalue weighted by atomic mass is 10.1. The van der Waals surface area contributed by atoms with E-state index < -0.39 is 17.3 Å². The van der Waals surface area contributed by atoms with E-state index in [1.165, 1.54) is 11.8 Å². The Morgan fingerprint density at radius 1 is 1.13 bits per heavy atom. The minimum absolute atomic E-state index is 0.0134. The molecular formula is C32H40FN7O6. The molecule has 0 bridgehead atoms. The number of anilines is 1. The number of aliphatic hydroxyl groups is 1. The molecule has 0 radical (unpaired) electrons. The topological polar surface area (TPSA) is 144 Å². The number of aryl methyl sites for hydroxylation is 1. The van der Waals surface area contributed by atoms with E-state index in [1.54, 1.807) is 30.3 Å². The summed E-state index contributed by atoms with van der Waals surface area (Å²) in [6.07, 6.45) is 1.30. The third-order valence-corrected chi connectivity index (χ3v) is 7.55. The summed E-state index contributed by atoms with van der Waals surface area (Å²) in [7, 11) is 3.10. The molecule has 2 N–H and O–H groups in total. The molecule has 5 rings (SSSR count). The molecule has 1 aliphatic heterocycles. The fourth-order valence-electron chi connectivity index (χ4n) is 5.72. The van der Waals surface area contributed by atoms with Gasteiger partial charge >= 0.3 is 6.09 Å². The Morgan fingerprint density at radius 3 is 2.50 bits per heavy atom. The highest BCUT2D eigenvalue weighted by Crippen LogP contribution is 2.37. The second-order valence-electron chi connectivity index (χ2n) is 12.4. The quantitative estimate of drug-likeness (QED) is 0.273. The molecule has 46 heavy (non-hydrogen) atoms. The summed E-state index contributed by atoms with van der Waals surface area (Å²) in [5.41, 5.74) is 1.03. The standard InChI is InChI=1S/C32H40FN7O6/c1-18-14-39(15-19(2)40(18)31(43)46-32(3,4)5)21-8-9-24-22(13-21)27(30(42)34-10-11-41)36-29(35-24)23-12-20-16-38(6)37-26(20)25(33)28(23)45-17-44-7/h8-9,12-13,16,18-19,41H,10-11,14-15,17H2,1-7H3,(H,34,42)/t18-,19+. The number of methoxy groups -OCH3 is 1. The third-order valence-electron chi connectivity index (χ3n) is 7.55. The maximum Gasteiger partial charge on any atom is 0.410 e. The number of rotatable bonds is 8. The van der Waals surface area contributed by atoms with Crippen molar-refractivity contribution in [1.29, 1.82) is 0 Å². The zero-order valence-corrected chi connectivity index (χ0v) is 27.1. The highest BCUT2D eigenvalue weighted by Gasteiger charge is 2.36. The number of aromatic nitrogens is 4. The lowest BCUT2D eigenvalue weighted by Gasteiger charge is -2.45. The van der Waals surface area contributed by atoms with Crippen LogP contribution in [0.2, 0.25) is 0 Å². The minimum atomic E-state index is -0.704. The zero-order chi connectivity index (χ0) is 33.3. The van der Waals surface area contributed by atoms with Gasteiger partial charge in [0.2, 0.25) is 0 Å². The predicted molar refractivity (Wildman–Crippen MR) is 170 cm³/mol. The summed E-state index contributed by atoms with van der Waals surface area (Å²) in [4.78, 5) is 39.6. The lowest BCUT2D eigenvalue weighted by molar-refractivity contribution is 0.00564. The van der Waals surface area contributed by atoms with Gasteiger partial charge in [-0.1, -0.05) is 0 Å². The van der Waals surface area contributed by atoms with Crippen LogP contribution in [0, 0.1) is 5.82 Å². The third kappa shape index (κ3) is 6.67. The normalized spacial score (nSPS) is 17.1. The first-order chi connectivity index (χ1) is 21.8. The average molecular weight is 638 g/mol. The molecular weight excluding hydrogens is 597 g/mol. The van der Waals surface area contributed by atoms with Crippen LogP contribution in [0.3, 0.4) is 0 Å². The summed E-state index contributed by atoms with van der Waals surface area (Å²) >= 11 is 0. The Balaban J connectivity index is 1.58. The number of hydrogen-bond acceptors (Lipinski definition) is 10. The number of carbonyl (C=O) groups is 2. The van der Waals surface area contributed by atoms with Crippen LogP contribution < -0.4 is 15.0 Å². The first kappa shape index (κ1) is 32.8. The van der Waals surface area contributed by atoms with Gasteiger partial charge in [-0.05, 0) is 58.9 Å². The van der Waals surface area contributed by atoms with E-state index in [9.17, 15) is 14.7 Å². The number of nitrogens with zero attached hydrogens (tertiary/aromatic N) is 6. The molecule has 13 nitrogen and oxygen atoms in total. The number of amides is 2. The Morgan fingerprint density at radius 2 is 1.85 bits per heavy atom. The van der Waals surface area contributed by atoms with Crippen molar-refractivity contribution in [3.8, 4) is 17.1 Å². The molecule has 4 aromatic rings. The molecule has 1 aliphatic rings. The number of halogens is 1. The summed E-state index contributed by atoms with van der Waals surface area (Å²) in [5.74, 6) is -1.32. The number of benzene rings is 2. The maximum absolute atomic E-state index is 15.7. The van der Waals surface area contributed by atoms with Crippen molar-refractivity contribution in [2.45, 2.75) is 52.3 Å². The number of ether oxygens (including phenoxy) is 3. The van der Waals surface area contributed by atoms with Gasteiger partial charge in [-0.25, -0.2) is 19.2 Å². The van der Waals surface area contributed by atoms with Gasteiger partial charge in [0, 0.05) is 56.4 Å². The summed E-state index contributed by atoms with van der Waals surface area (Å²) in [6.45, 7) is 10.0. The highest BCUT2D eigenvalue weighted by molar-refractivity contribution is 6.06. The van der Waals surface area contributed by atoms with Gasteiger partial charge in [0.15, 0.2) is 24.2 Å². The van der Waals surface area contributed by atoms with Gasteiger partial charge in [-0.3, -0.25) is 14.4 Å². The van der Waals surface area contributed by atoms with Gasteiger partial charge in [0.05, 0.1) is 29.8 Å². The van der Waals surface area contributed by atoms with Crippen molar-refractivity contribution in [2.75, 3.05) is 45.0 Å². The van der Waals surface area contributed by atoms with Crippen LogP contribution in [0.5, 0.6) is 5.75 Å². The molecule has 1 saturated heterocycles. The van der Waals surface area contributed by atoms with E-state index in [0.717, 1.165) is 5.69 Å². The summed E-state index contributed by atoms with van der Waals surface area (Å²) in [5, 5.41) is 17.2. The molecule has 2 aromatic heterocycles. The number of nitrogens with one attached hydrogen (secondary N) is 1. The minimum Gasteiger partial charge on any atom is -0.464 e. The van der Waals surface area contributed by atoms with Crippen LogP contribution in [0.4, 0.5) is 14.9 Å². The van der Waals surface area contributed by atoms with E-state index in [2.05, 4.69) is 20.3 Å². The molecule has 3 heterocycles. The molecule has 14 heteroatoms. The Kier molecular flexibility index (Phi) is 9.31. The van der Waals surface area contributed by atoms with Crippen molar-refractivity contribution in [2.24, 2.45) is 7.05 Å². The van der Waals surface area contributed by atoms with Crippen LogP contribution in [0.25, 0.3) is 33.2 Å². The smallest absolute Gasteiger partial charge is 0.410 e. The van der Waals surface area contributed by atoms with Crippen LogP contribution in [0.1, 0.15) is 45.1 Å². The first-order valence-electron chi connectivity index (χ1n) is 15.1. The molecule has 0 unspecified atom stereocenters. The number of carbonyl (C=O) groups excluding carboxylic acids is 2. The molecule has 2 amide bonds. The molecule has 0 aliphatic carbocycles. The Labute approximate surface area is 266 Å². The average Bonchev–Trinajstić information content (AvgIpc) is 3.37. The molecule has 1 fully saturated rings. The number of fused-ring (bicyclic) bond motifs is 2. The summed E-state index contributed by atoms with van der Waals surface area (Å²) < 4.78 is 33.5. The second kappa shape index (κ2) is 13.0. The Hall–Kier alpha value is -4.56. The van der Waals surface area contributed by atoms with Crippen LogP contribution in [0.15, 0.2) is 30.5 Å². The van der Waals surface area contributed by atoms with Gasteiger partial charge < -0.3 is 29.5 Å². The number of hydrogen-bond donors (Lipinski definition) is 2. The van der Waals surface area contributed by atoms with Gasteiger partial charge in [-0.2, -0.15) is 5.10 Å². The van der Waals surface area contributed by atoms with Gasteiger partial charge in [0.25, 0.3) is 5.91 Å². The number of piperazine rings is 1. The summed E-state index contributed by atoms with van der Waals surface area (Å²) in [6, 6.07) is 6.87. The SMILES string of the molecule is COCOc1c(-c2nc(C(=O)NCCO)c3cc(N4C[C@@H](C)N(C(=O)OC(C)(C)C)[C@@H](C)C4)ccc3n2)cc2cn(C)nc2c1F.